The van der Waals surface area contributed by atoms with Crippen molar-refractivity contribution >= 4 is 39.1 Å². The van der Waals surface area contributed by atoms with Crippen LogP contribution in [0.3, 0.4) is 0 Å². The summed E-state index contributed by atoms with van der Waals surface area (Å²) in [5, 5.41) is 6.84. The molecule has 6 heteroatoms. The van der Waals surface area contributed by atoms with E-state index in [1.54, 1.807) is 35.6 Å². The van der Waals surface area contributed by atoms with Crippen molar-refractivity contribution in [1.82, 2.24) is 10.3 Å². The summed E-state index contributed by atoms with van der Waals surface area (Å²) in [6, 6.07) is 15.0. The van der Waals surface area contributed by atoms with Crippen LogP contribution in [0.2, 0.25) is 0 Å². The molecule has 1 aliphatic carbocycles. The van der Waals surface area contributed by atoms with E-state index >= 15 is 0 Å². The number of anilines is 1. The lowest BCUT2D eigenvalue weighted by Gasteiger charge is -2.07. The first kappa shape index (κ1) is 17.7. The third-order valence-electron chi connectivity index (χ3n) is 4.82. The molecule has 1 saturated carbocycles. The molecule has 0 saturated heterocycles. The third kappa shape index (κ3) is 4.17. The molecule has 1 aromatic heterocycles. The van der Waals surface area contributed by atoms with Crippen molar-refractivity contribution in [1.29, 1.82) is 0 Å². The fourth-order valence-corrected chi connectivity index (χ4v) is 4.01. The predicted octanol–water partition coefficient (Wildman–Crippen LogP) is 3.86. The van der Waals surface area contributed by atoms with E-state index in [1.165, 1.54) is 0 Å². The first-order valence-electron chi connectivity index (χ1n) is 9.14. The number of nitrogens with zero attached hydrogens (tertiary/aromatic N) is 1. The predicted molar refractivity (Wildman–Crippen MR) is 108 cm³/mol. The molecule has 0 spiro atoms. The Morgan fingerprint density at radius 2 is 1.89 bits per heavy atom. The Kier molecular flexibility index (Phi) is 4.90. The zero-order valence-corrected chi connectivity index (χ0v) is 15.9. The Labute approximate surface area is 161 Å². The van der Waals surface area contributed by atoms with E-state index in [2.05, 4.69) is 28.6 Å². The highest BCUT2D eigenvalue weighted by atomic mass is 32.1. The Balaban J connectivity index is 1.28. The van der Waals surface area contributed by atoms with Crippen molar-refractivity contribution < 1.29 is 9.59 Å². The molecule has 5 nitrogen and oxygen atoms in total. The molecule has 2 unspecified atom stereocenters. The molecule has 1 fully saturated rings. The molecule has 1 heterocycles. The van der Waals surface area contributed by atoms with Crippen molar-refractivity contribution in [3.8, 4) is 0 Å². The summed E-state index contributed by atoms with van der Waals surface area (Å²) in [5.74, 6) is 0.557. The van der Waals surface area contributed by atoms with Crippen LogP contribution in [0.25, 0.3) is 10.2 Å². The number of para-hydroxylation sites is 1. The van der Waals surface area contributed by atoms with E-state index < -0.39 is 0 Å². The standard InChI is InChI=1S/C21H21N3O2S/c1-13-12-16(13)21(26)23-15-8-6-14(7-9-15)20(25)22-11-10-19-24-17-4-2-3-5-18(17)27-19/h2-9,13,16H,10-12H2,1H3,(H,22,25)(H,23,26). The van der Waals surface area contributed by atoms with E-state index in [4.69, 9.17) is 0 Å². The molecular weight excluding hydrogens is 358 g/mol. The molecule has 0 radical (unpaired) electrons. The van der Waals surface area contributed by atoms with Crippen LogP contribution in [0, 0.1) is 11.8 Å². The van der Waals surface area contributed by atoms with Crippen LogP contribution >= 0.6 is 11.3 Å². The van der Waals surface area contributed by atoms with Gasteiger partial charge in [0.25, 0.3) is 5.91 Å². The van der Waals surface area contributed by atoms with Gasteiger partial charge in [-0.25, -0.2) is 4.98 Å². The fourth-order valence-electron chi connectivity index (χ4n) is 3.04. The summed E-state index contributed by atoms with van der Waals surface area (Å²) in [5.41, 5.74) is 2.31. The number of amides is 2. The Hall–Kier alpha value is -2.73. The van der Waals surface area contributed by atoms with Crippen molar-refractivity contribution in [2.45, 2.75) is 19.8 Å². The van der Waals surface area contributed by atoms with Gasteiger partial charge in [-0.15, -0.1) is 11.3 Å². The lowest BCUT2D eigenvalue weighted by Crippen LogP contribution is -2.25. The quantitative estimate of drug-likeness (QED) is 0.683. The molecule has 3 aromatic rings. The summed E-state index contributed by atoms with van der Waals surface area (Å²) >= 11 is 1.66. The maximum absolute atomic E-state index is 12.3. The number of thiazole rings is 1. The lowest BCUT2D eigenvalue weighted by atomic mass is 10.2. The number of nitrogens with one attached hydrogen (secondary N) is 2. The molecule has 1 aliphatic rings. The van der Waals surface area contributed by atoms with Gasteiger partial charge in [0.2, 0.25) is 5.91 Å². The highest BCUT2D eigenvalue weighted by Gasteiger charge is 2.39. The average Bonchev–Trinajstić information content (AvgIpc) is 3.26. The fraction of sp³-hybridized carbons (Fsp3) is 0.286. The van der Waals surface area contributed by atoms with Gasteiger partial charge in [0, 0.05) is 30.1 Å². The number of carbonyl (C=O) groups is 2. The van der Waals surface area contributed by atoms with Crippen molar-refractivity contribution in [2.24, 2.45) is 11.8 Å². The summed E-state index contributed by atoms with van der Waals surface area (Å²) in [7, 11) is 0. The largest absolute Gasteiger partial charge is 0.352 e. The summed E-state index contributed by atoms with van der Waals surface area (Å²) in [4.78, 5) is 28.8. The normalized spacial score (nSPS) is 18.3. The smallest absolute Gasteiger partial charge is 0.251 e. The van der Waals surface area contributed by atoms with Crippen molar-refractivity contribution in [3.63, 3.8) is 0 Å². The van der Waals surface area contributed by atoms with Crippen LogP contribution < -0.4 is 10.6 Å². The summed E-state index contributed by atoms with van der Waals surface area (Å²) < 4.78 is 1.16. The molecule has 4 rings (SSSR count). The highest BCUT2D eigenvalue weighted by Crippen LogP contribution is 2.38. The van der Waals surface area contributed by atoms with Gasteiger partial charge in [-0.2, -0.15) is 0 Å². The first-order chi connectivity index (χ1) is 13.1. The minimum absolute atomic E-state index is 0.0653. The van der Waals surface area contributed by atoms with Gasteiger partial charge >= 0.3 is 0 Å². The van der Waals surface area contributed by atoms with Crippen LogP contribution in [-0.2, 0) is 11.2 Å². The molecular formula is C21H21N3O2S. The molecule has 2 atom stereocenters. The number of hydrogen-bond donors (Lipinski definition) is 2. The van der Waals surface area contributed by atoms with Crippen LogP contribution in [0.5, 0.6) is 0 Å². The van der Waals surface area contributed by atoms with Crippen LogP contribution in [0.15, 0.2) is 48.5 Å². The second-order valence-corrected chi connectivity index (χ2v) is 8.08. The number of hydrogen-bond acceptors (Lipinski definition) is 4. The Morgan fingerprint density at radius 3 is 2.59 bits per heavy atom. The Morgan fingerprint density at radius 1 is 1.15 bits per heavy atom. The van der Waals surface area contributed by atoms with E-state index in [1.807, 2.05) is 18.2 Å². The molecule has 0 aliphatic heterocycles. The van der Waals surface area contributed by atoms with Gasteiger partial charge in [-0.3, -0.25) is 9.59 Å². The monoisotopic (exact) mass is 379 g/mol. The van der Waals surface area contributed by atoms with Crippen molar-refractivity contribution in [2.75, 3.05) is 11.9 Å². The summed E-state index contributed by atoms with van der Waals surface area (Å²) in [6.45, 7) is 2.61. The van der Waals surface area contributed by atoms with Gasteiger partial charge in [0.1, 0.15) is 0 Å². The second kappa shape index (κ2) is 7.48. The van der Waals surface area contributed by atoms with E-state index in [0.717, 1.165) is 27.3 Å². The molecule has 2 N–H and O–H groups in total. The van der Waals surface area contributed by atoms with Gasteiger partial charge in [-0.1, -0.05) is 19.1 Å². The zero-order chi connectivity index (χ0) is 18.8. The highest BCUT2D eigenvalue weighted by molar-refractivity contribution is 7.18. The first-order valence-corrected chi connectivity index (χ1v) is 9.95. The molecule has 138 valence electrons. The van der Waals surface area contributed by atoms with Crippen LogP contribution in [0.1, 0.15) is 28.7 Å². The number of carbonyl (C=O) groups excluding carboxylic acids is 2. The zero-order valence-electron chi connectivity index (χ0n) is 15.1. The number of aromatic nitrogens is 1. The van der Waals surface area contributed by atoms with Crippen molar-refractivity contribution in [3.05, 3.63) is 59.1 Å². The van der Waals surface area contributed by atoms with Gasteiger partial charge in [0.15, 0.2) is 0 Å². The summed E-state index contributed by atoms with van der Waals surface area (Å²) in [6.07, 6.45) is 1.67. The molecule has 0 bridgehead atoms. The van der Waals surface area contributed by atoms with Crippen LogP contribution in [-0.4, -0.2) is 23.3 Å². The molecule has 27 heavy (non-hydrogen) atoms. The molecule has 2 aromatic carbocycles. The maximum Gasteiger partial charge on any atom is 0.251 e. The minimum Gasteiger partial charge on any atom is -0.352 e. The number of rotatable bonds is 6. The third-order valence-corrected chi connectivity index (χ3v) is 5.92. The minimum atomic E-state index is -0.121. The SMILES string of the molecule is CC1CC1C(=O)Nc1ccc(C(=O)NCCc2nc3ccccc3s2)cc1. The second-order valence-electron chi connectivity index (χ2n) is 6.97. The lowest BCUT2D eigenvalue weighted by molar-refractivity contribution is -0.117. The van der Waals surface area contributed by atoms with Gasteiger partial charge < -0.3 is 10.6 Å². The van der Waals surface area contributed by atoms with E-state index in [0.29, 0.717) is 24.4 Å². The topological polar surface area (TPSA) is 71.1 Å². The number of benzene rings is 2. The van der Waals surface area contributed by atoms with E-state index in [-0.39, 0.29) is 17.7 Å². The molecule has 2 amide bonds. The average molecular weight is 379 g/mol. The van der Waals surface area contributed by atoms with Gasteiger partial charge in [-0.05, 0) is 48.7 Å². The van der Waals surface area contributed by atoms with Crippen LogP contribution in [0.4, 0.5) is 5.69 Å². The number of fused-ring (bicyclic) bond motifs is 1. The maximum atomic E-state index is 12.3. The Bertz CT molecular complexity index is 948. The van der Waals surface area contributed by atoms with Gasteiger partial charge in [0.05, 0.1) is 15.2 Å². The van der Waals surface area contributed by atoms with E-state index in [9.17, 15) is 9.59 Å².